The number of ether oxygens (including phenoxy) is 1. The maximum atomic E-state index is 11.7. The predicted octanol–water partition coefficient (Wildman–Crippen LogP) is 1.51. The first kappa shape index (κ1) is 14.1. The van der Waals surface area contributed by atoms with Crippen LogP contribution < -0.4 is 5.32 Å². The van der Waals surface area contributed by atoms with Crippen molar-refractivity contribution < 1.29 is 13.9 Å². The monoisotopic (exact) mass is 266 g/mol. The van der Waals surface area contributed by atoms with Gasteiger partial charge < -0.3 is 14.5 Å². The molecular formula is C14H22N2O3. The lowest BCUT2D eigenvalue weighted by molar-refractivity contribution is -0.0679. The molecule has 1 aromatic heterocycles. The van der Waals surface area contributed by atoms with Crippen molar-refractivity contribution in [3.63, 3.8) is 0 Å². The SMILES string of the molecule is C[C@@H]1CN(CCCNC(=O)c2ccoc2)C[C@H](C)O1. The Hall–Kier alpha value is -1.33. The molecule has 2 rings (SSSR count). The summed E-state index contributed by atoms with van der Waals surface area (Å²) in [5.41, 5.74) is 0.577. The molecule has 0 aromatic carbocycles. The first-order chi connectivity index (χ1) is 9.15. The summed E-state index contributed by atoms with van der Waals surface area (Å²) in [4.78, 5) is 14.0. The molecule has 19 heavy (non-hydrogen) atoms. The van der Waals surface area contributed by atoms with Gasteiger partial charge in [0.15, 0.2) is 0 Å². The zero-order valence-electron chi connectivity index (χ0n) is 11.6. The molecule has 0 aliphatic carbocycles. The van der Waals surface area contributed by atoms with E-state index in [1.807, 2.05) is 0 Å². The number of carbonyl (C=O) groups excluding carboxylic acids is 1. The Bertz CT molecular complexity index is 381. The van der Waals surface area contributed by atoms with Crippen LogP contribution in [0.15, 0.2) is 23.0 Å². The van der Waals surface area contributed by atoms with Crippen LogP contribution >= 0.6 is 0 Å². The van der Waals surface area contributed by atoms with E-state index >= 15 is 0 Å². The highest BCUT2D eigenvalue weighted by molar-refractivity contribution is 5.93. The van der Waals surface area contributed by atoms with E-state index in [1.54, 1.807) is 6.07 Å². The number of carbonyl (C=O) groups is 1. The van der Waals surface area contributed by atoms with Crippen LogP contribution in [0.1, 0.15) is 30.6 Å². The molecule has 0 saturated carbocycles. The average molecular weight is 266 g/mol. The highest BCUT2D eigenvalue weighted by Crippen LogP contribution is 2.10. The predicted molar refractivity (Wildman–Crippen MR) is 72.1 cm³/mol. The molecule has 1 saturated heterocycles. The third-order valence-electron chi connectivity index (χ3n) is 3.22. The van der Waals surface area contributed by atoms with E-state index in [-0.39, 0.29) is 5.91 Å². The number of morpholine rings is 1. The summed E-state index contributed by atoms with van der Waals surface area (Å²) >= 11 is 0. The molecule has 1 N–H and O–H groups in total. The Morgan fingerprint density at radius 2 is 2.16 bits per heavy atom. The molecule has 106 valence electrons. The molecule has 1 fully saturated rings. The van der Waals surface area contributed by atoms with Gasteiger partial charge in [-0.15, -0.1) is 0 Å². The minimum Gasteiger partial charge on any atom is -0.472 e. The maximum Gasteiger partial charge on any atom is 0.254 e. The van der Waals surface area contributed by atoms with Gasteiger partial charge in [0.05, 0.1) is 24.0 Å². The van der Waals surface area contributed by atoms with Crippen molar-refractivity contribution in [2.45, 2.75) is 32.5 Å². The largest absolute Gasteiger partial charge is 0.472 e. The van der Waals surface area contributed by atoms with Crippen LogP contribution in [0.5, 0.6) is 0 Å². The van der Waals surface area contributed by atoms with Crippen molar-refractivity contribution in [1.29, 1.82) is 0 Å². The summed E-state index contributed by atoms with van der Waals surface area (Å²) in [5, 5.41) is 2.89. The van der Waals surface area contributed by atoms with Gasteiger partial charge in [-0.3, -0.25) is 9.69 Å². The maximum absolute atomic E-state index is 11.7. The van der Waals surface area contributed by atoms with Gasteiger partial charge in [-0.1, -0.05) is 0 Å². The van der Waals surface area contributed by atoms with Crippen LogP contribution in [0.2, 0.25) is 0 Å². The van der Waals surface area contributed by atoms with Gasteiger partial charge in [-0.2, -0.15) is 0 Å². The van der Waals surface area contributed by atoms with Crippen LogP contribution in [0, 0.1) is 0 Å². The van der Waals surface area contributed by atoms with E-state index in [9.17, 15) is 4.79 Å². The lowest BCUT2D eigenvalue weighted by atomic mass is 10.2. The van der Waals surface area contributed by atoms with Gasteiger partial charge in [0, 0.05) is 26.2 Å². The van der Waals surface area contributed by atoms with Gasteiger partial charge >= 0.3 is 0 Å². The van der Waals surface area contributed by atoms with Crippen molar-refractivity contribution in [1.82, 2.24) is 10.2 Å². The lowest BCUT2D eigenvalue weighted by Crippen LogP contribution is -2.46. The quantitative estimate of drug-likeness (QED) is 0.821. The van der Waals surface area contributed by atoms with Crippen LogP contribution in [-0.4, -0.2) is 49.2 Å². The number of amides is 1. The number of nitrogens with one attached hydrogen (secondary N) is 1. The number of hydrogen-bond acceptors (Lipinski definition) is 4. The minimum absolute atomic E-state index is 0.0718. The zero-order chi connectivity index (χ0) is 13.7. The fourth-order valence-corrected chi connectivity index (χ4v) is 2.47. The van der Waals surface area contributed by atoms with E-state index in [4.69, 9.17) is 9.15 Å². The van der Waals surface area contributed by atoms with Crippen molar-refractivity contribution in [3.05, 3.63) is 24.2 Å². The Labute approximate surface area is 113 Å². The molecule has 0 radical (unpaired) electrons. The number of rotatable bonds is 5. The molecule has 0 unspecified atom stereocenters. The van der Waals surface area contributed by atoms with Gasteiger partial charge in [0.1, 0.15) is 6.26 Å². The van der Waals surface area contributed by atoms with Gasteiger partial charge in [-0.05, 0) is 26.3 Å². The lowest BCUT2D eigenvalue weighted by Gasteiger charge is -2.35. The van der Waals surface area contributed by atoms with E-state index in [2.05, 4.69) is 24.1 Å². The second-order valence-electron chi connectivity index (χ2n) is 5.14. The van der Waals surface area contributed by atoms with E-state index in [0.717, 1.165) is 26.1 Å². The molecule has 2 atom stereocenters. The summed E-state index contributed by atoms with van der Waals surface area (Å²) in [6.07, 6.45) is 4.50. The van der Waals surface area contributed by atoms with Gasteiger partial charge in [0.2, 0.25) is 0 Å². The van der Waals surface area contributed by atoms with E-state index in [1.165, 1.54) is 12.5 Å². The van der Waals surface area contributed by atoms with E-state index in [0.29, 0.717) is 24.3 Å². The van der Waals surface area contributed by atoms with Crippen molar-refractivity contribution >= 4 is 5.91 Å². The summed E-state index contributed by atoms with van der Waals surface area (Å²) in [5.74, 6) is -0.0718. The molecule has 1 aliphatic rings. The fourth-order valence-electron chi connectivity index (χ4n) is 2.47. The molecule has 1 amide bonds. The molecule has 5 heteroatoms. The second kappa shape index (κ2) is 6.73. The third kappa shape index (κ3) is 4.36. The zero-order valence-corrected chi connectivity index (χ0v) is 11.6. The topological polar surface area (TPSA) is 54.7 Å². The van der Waals surface area contributed by atoms with Crippen molar-refractivity contribution in [2.24, 2.45) is 0 Å². The molecule has 0 bridgehead atoms. The number of nitrogens with zero attached hydrogens (tertiary/aromatic N) is 1. The van der Waals surface area contributed by atoms with Crippen LogP contribution in [-0.2, 0) is 4.74 Å². The smallest absolute Gasteiger partial charge is 0.254 e. The Morgan fingerprint density at radius 1 is 1.42 bits per heavy atom. The standard InChI is InChI=1S/C14H22N2O3/c1-11-8-16(9-12(2)19-11)6-3-5-15-14(17)13-4-7-18-10-13/h4,7,10-12H,3,5-6,8-9H2,1-2H3,(H,15,17)/t11-,12+. The first-order valence-electron chi connectivity index (χ1n) is 6.83. The summed E-state index contributed by atoms with van der Waals surface area (Å²) in [6, 6.07) is 1.67. The Morgan fingerprint density at radius 3 is 2.79 bits per heavy atom. The molecular weight excluding hydrogens is 244 g/mol. The highest BCUT2D eigenvalue weighted by Gasteiger charge is 2.21. The number of hydrogen-bond donors (Lipinski definition) is 1. The van der Waals surface area contributed by atoms with Crippen LogP contribution in [0.3, 0.4) is 0 Å². The molecule has 0 spiro atoms. The Balaban J connectivity index is 1.63. The fraction of sp³-hybridized carbons (Fsp3) is 0.643. The van der Waals surface area contributed by atoms with Crippen LogP contribution in [0.4, 0.5) is 0 Å². The summed E-state index contributed by atoms with van der Waals surface area (Å²) < 4.78 is 10.6. The molecule has 1 aromatic rings. The highest BCUT2D eigenvalue weighted by atomic mass is 16.5. The van der Waals surface area contributed by atoms with Gasteiger partial charge in [0.25, 0.3) is 5.91 Å². The average Bonchev–Trinajstić information content (AvgIpc) is 2.87. The van der Waals surface area contributed by atoms with Crippen molar-refractivity contribution in [3.8, 4) is 0 Å². The van der Waals surface area contributed by atoms with Gasteiger partial charge in [-0.25, -0.2) is 0 Å². The normalized spacial score (nSPS) is 24.3. The molecule has 1 aliphatic heterocycles. The minimum atomic E-state index is -0.0718. The Kier molecular flexibility index (Phi) is 4.99. The van der Waals surface area contributed by atoms with Crippen molar-refractivity contribution in [2.75, 3.05) is 26.2 Å². The molecule has 5 nitrogen and oxygen atoms in total. The second-order valence-corrected chi connectivity index (χ2v) is 5.14. The van der Waals surface area contributed by atoms with E-state index < -0.39 is 0 Å². The summed E-state index contributed by atoms with van der Waals surface area (Å²) in [6.45, 7) is 7.82. The number of furan rings is 1. The summed E-state index contributed by atoms with van der Waals surface area (Å²) in [7, 11) is 0. The van der Waals surface area contributed by atoms with Crippen LogP contribution in [0.25, 0.3) is 0 Å². The molecule has 2 heterocycles. The third-order valence-corrected chi connectivity index (χ3v) is 3.22. The first-order valence-corrected chi connectivity index (χ1v) is 6.83.